The average molecular weight is 503 g/mol. The van der Waals surface area contributed by atoms with Crippen LogP contribution in [0.3, 0.4) is 0 Å². The maximum atomic E-state index is 12.7. The minimum Gasteiger partial charge on any atom is -0.497 e. The maximum Gasteiger partial charge on any atom is 0.220 e. The van der Waals surface area contributed by atoms with Gasteiger partial charge in [-0.2, -0.15) is 0 Å². The molecule has 1 fully saturated rings. The van der Waals surface area contributed by atoms with E-state index in [1.807, 2.05) is 60.7 Å². The standard InChI is InChI=1S/C29H31ClN4O2/c1-36-23-11-8-21(9-12-23)29-26(13-15-28(35)31-16-19-33-17-4-5-18-33)34-20-22(10-14-27(34)32-29)24-6-2-3-7-25(24)30/h2-3,6-12,14,20H,4-5,13,15-19H2,1H3,(H,31,35). The number of ether oxygens (including phenoxy) is 1. The van der Waals surface area contributed by atoms with Crippen molar-refractivity contribution >= 4 is 23.2 Å². The third-order valence-electron chi connectivity index (χ3n) is 6.80. The number of likely N-dealkylation sites (tertiary alicyclic amines) is 1. The molecule has 1 aliphatic rings. The number of aromatic nitrogens is 2. The first-order chi connectivity index (χ1) is 17.6. The molecule has 1 amide bonds. The lowest BCUT2D eigenvalue weighted by Crippen LogP contribution is -2.33. The second kappa shape index (κ2) is 11.1. The molecule has 186 valence electrons. The number of hydrogen-bond donors (Lipinski definition) is 1. The van der Waals surface area contributed by atoms with E-state index in [0.29, 0.717) is 24.4 Å². The van der Waals surface area contributed by atoms with Gasteiger partial charge in [0.15, 0.2) is 0 Å². The van der Waals surface area contributed by atoms with Crippen LogP contribution in [0.5, 0.6) is 5.75 Å². The van der Waals surface area contributed by atoms with Gasteiger partial charge in [-0.15, -0.1) is 0 Å². The van der Waals surface area contributed by atoms with Crippen LogP contribution in [0.1, 0.15) is 25.0 Å². The highest BCUT2D eigenvalue weighted by Gasteiger charge is 2.17. The van der Waals surface area contributed by atoms with Crippen LogP contribution in [-0.4, -0.2) is 53.5 Å². The molecule has 1 N–H and O–H groups in total. The molecule has 0 spiro atoms. The van der Waals surface area contributed by atoms with Crippen molar-refractivity contribution in [2.45, 2.75) is 25.7 Å². The second-order valence-electron chi connectivity index (χ2n) is 9.16. The molecule has 1 saturated heterocycles. The molecule has 0 radical (unpaired) electrons. The van der Waals surface area contributed by atoms with Gasteiger partial charge in [0.2, 0.25) is 5.91 Å². The van der Waals surface area contributed by atoms with Crippen molar-refractivity contribution in [3.63, 3.8) is 0 Å². The van der Waals surface area contributed by atoms with Crippen molar-refractivity contribution in [3.05, 3.63) is 77.6 Å². The first-order valence-electron chi connectivity index (χ1n) is 12.5. The van der Waals surface area contributed by atoms with Crippen LogP contribution < -0.4 is 10.1 Å². The van der Waals surface area contributed by atoms with Gasteiger partial charge in [-0.25, -0.2) is 4.98 Å². The molecular formula is C29H31ClN4O2. The zero-order valence-corrected chi connectivity index (χ0v) is 21.3. The van der Waals surface area contributed by atoms with E-state index in [-0.39, 0.29) is 5.91 Å². The summed E-state index contributed by atoms with van der Waals surface area (Å²) in [5.74, 6) is 0.856. The Hall–Kier alpha value is -3.35. The number of nitrogens with zero attached hydrogens (tertiary/aromatic N) is 3. The van der Waals surface area contributed by atoms with E-state index in [1.54, 1.807) is 7.11 Å². The Balaban J connectivity index is 1.42. The molecule has 0 unspecified atom stereocenters. The molecule has 5 rings (SSSR count). The number of imidazole rings is 1. The van der Waals surface area contributed by atoms with E-state index < -0.39 is 0 Å². The predicted octanol–water partition coefficient (Wildman–Crippen LogP) is 5.47. The van der Waals surface area contributed by atoms with Gasteiger partial charge in [0.25, 0.3) is 0 Å². The molecule has 2 aromatic carbocycles. The van der Waals surface area contributed by atoms with E-state index in [1.165, 1.54) is 12.8 Å². The Labute approximate surface area is 216 Å². The number of aryl methyl sites for hydroxylation is 1. The van der Waals surface area contributed by atoms with Gasteiger partial charge in [-0.1, -0.05) is 29.8 Å². The summed E-state index contributed by atoms with van der Waals surface area (Å²) in [7, 11) is 1.66. The van der Waals surface area contributed by atoms with Crippen molar-refractivity contribution in [3.8, 4) is 28.1 Å². The fourth-order valence-electron chi connectivity index (χ4n) is 4.85. The summed E-state index contributed by atoms with van der Waals surface area (Å²) in [6.07, 6.45) is 5.55. The summed E-state index contributed by atoms with van der Waals surface area (Å²) >= 11 is 6.48. The highest BCUT2D eigenvalue weighted by molar-refractivity contribution is 6.33. The first kappa shape index (κ1) is 24.3. The smallest absolute Gasteiger partial charge is 0.220 e. The van der Waals surface area contributed by atoms with Gasteiger partial charge >= 0.3 is 0 Å². The number of amides is 1. The predicted molar refractivity (Wildman–Crippen MR) is 145 cm³/mol. The van der Waals surface area contributed by atoms with E-state index in [0.717, 1.165) is 59.1 Å². The molecular weight excluding hydrogens is 472 g/mol. The van der Waals surface area contributed by atoms with Crippen LogP contribution in [0.4, 0.5) is 0 Å². The molecule has 3 heterocycles. The normalized spacial score (nSPS) is 13.8. The Bertz CT molecular complexity index is 1340. The number of carbonyl (C=O) groups excluding carboxylic acids is 1. The third kappa shape index (κ3) is 5.40. The number of methoxy groups -OCH3 is 1. The van der Waals surface area contributed by atoms with Crippen LogP contribution in [0.2, 0.25) is 5.02 Å². The Morgan fingerprint density at radius 2 is 1.78 bits per heavy atom. The zero-order chi connectivity index (χ0) is 24.9. The molecule has 0 saturated carbocycles. The van der Waals surface area contributed by atoms with E-state index in [2.05, 4.69) is 20.8 Å². The molecule has 0 aliphatic carbocycles. The first-order valence-corrected chi connectivity index (χ1v) is 12.9. The fraction of sp³-hybridized carbons (Fsp3) is 0.310. The molecule has 6 nitrogen and oxygen atoms in total. The SMILES string of the molecule is COc1ccc(-c2nc3ccc(-c4ccccc4Cl)cn3c2CCC(=O)NCCN2CCCC2)cc1. The average Bonchev–Trinajstić information content (AvgIpc) is 3.55. The maximum absolute atomic E-state index is 12.7. The molecule has 36 heavy (non-hydrogen) atoms. The lowest BCUT2D eigenvalue weighted by atomic mass is 10.1. The van der Waals surface area contributed by atoms with Crippen molar-refractivity contribution in [2.75, 3.05) is 33.3 Å². The topological polar surface area (TPSA) is 58.9 Å². The molecule has 7 heteroatoms. The van der Waals surface area contributed by atoms with Crippen LogP contribution in [0, 0.1) is 0 Å². The third-order valence-corrected chi connectivity index (χ3v) is 7.13. The van der Waals surface area contributed by atoms with Crippen molar-refractivity contribution in [1.29, 1.82) is 0 Å². The number of hydrogen-bond acceptors (Lipinski definition) is 4. The van der Waals surface area contributed by atoms with Gasteiger partial charge in [-0.3, -0.25) is 4.79 Å². The summed E-state index contributed by atoms with van der Waals surface area (Å²) in [5.41, 5.74) is 5.66. The largest absolute Gasteiger partial charge is 0.497 e. The summed E-state index contributed by atoms with van der Waals surface area (Å²) in [6, 6.07) is 19.7. The number of fused-ring (bicyclic) bond motifs is 1. The van der Waals surface area contributed by atoms with Crippen LogP contribution >= 0.6 is 11.6 Å². The molecule has 0 bridgehead atoms. The number of carbonyl (C=O) groups is 1. The van der Waals surface area contributed by atoms with Crippen molar-refractivity contribution in [1.82, 2.24) is 19.6 Å². The zero-order valence-electron chi connectivity index (χ0n) is 20.5. The van der Waals surface area contributed by atoms with Gasteiger partial charge in [0, 0.05) is 41.9 Å². The number of rotatable bonds is 9. The van der Waals surface area contributed by atoms with Crippen molar-refractivity contribution < 1.29 is 9.53 Å². The number of halogens is 1. The lowest BCUT2D eigenvalue weighted by molar-refractivity contribution is -0.121. The molecule has 0 atom stereocenters. The van der Waals surface area contributed by atoms with Gasteiger partial charge in [0.05, 0.1) is 18.5 Å². The van der Waals surface area contributed by atoms with E-state index >= 15 is 0 Å². The Morgan fingerprint density at radius 1 is 1.03 bits per heavy atom. The van der Waals surface area contributed by atoms with Gasteiger partial charge in [-0.05, 0) is 80.4 Å². The summed E-state index contributed by atoms with van der Waals surface area (Å²) in [4.78, 5) is 20.1. The second-order valence-corrected chi connectivity index (χ2v) is 9.57. The Morgan fingerprint density at radius 3 is 2.53 bits per heavy atom. The minimum atomic E-state index is 0.0621. The highest BCUT2D eigenvalue weighted by atomic mass is 35.5. The molecule has 2 aromatic heterocycles. The number of nitrogens with one attached hydrogen (secondary N) is 1. The van der Waals surface area contributed by atoms with Gasteiger partial charge < -0.3 is 19.4 Å². The van der Waals surface area contributed by atoms with Crippen LogP contribution in [0.15, 0.2) is 66.9 Å². The summed E-state index contributed by atoms with van der Waals surface area (Å²) in [5, 5.41) is 3.80. The minimum absolute atomic E-state index is 0.0621. The fourth-order valence-corrected chi connectivity index (χ4v) is 5.09. The quantitative estimate of drug-likeness (QED) is 0.329. The number of benzene rings is 2. The monoisotopic (exact) mass is 502 g/mol. The highest BCUT2D eigenvalue weighted by Crippen LogP contribution is 2.31. The lowest BCUT2D eigenvalue weighted by Gasteiger charge is -2.14. The van der Waals surface area contributed by atoms with E-state index in [4.69, 9.17) is 21.3 Å². The summed E-state index contributed by atoms with van der Waals surface area (Å²) in [6.45, 7) is 3.88. The van der Waals surface area contributed by atoms with E-state index in [9.17, 15) is 4.79 Å². The number of pyridine rings is 1. The Kier molecular flexibility index (Phi) is 7.54. The van der Waals surface area contributed by atoms with Crippen LogP contribution in [0.25, 0.3) is 28.0 Å². The van der Waals surface area contributed by atoms with Gasteiger partial charge in [0.1, 0.15) is 11.4 Å². The summed E-state index contributed by atoms with van der Waals surface area (Å²) < 4.78 is 7.42. The van der Waals surface area contributed by atoms with Crippen LogP contribution in [-0.2, 0) is 11.2 Å². The molecule has 1 aliphatic heterocycles. The molecule has 4 aromatic rings. The van der Waals surface area contributed by atoms with Crippen molar-refractivity contribution in [2.24, 2.45) is 0 Å².